The Morgan fingerprint density at radius 3 is 2.48 bits per heavy atom. The molecule has 1 aromatic carbocycles. The molecule has 0 radical (unpaired) electrons. The fraction of sp³-hybridized carbons (Fsp3) is 0.500. The molecule has 1 heterocycles. The Bertz CT molecular complexity index is 818. The van der Waals surface area contributed by atoms with Gasteiger partial charge in [-0.2, -0.15) is 5.10 Å². The SMILES string of the molecule is CC(C)c1ccc(-c2ccc(=O)n(CCC(=O)NC3CCCCC3)n2)cc1. The normalized spacial score (nSPS) is 15.1. The first-order valence-corrected chi connectivity index (χ1v) is 10.0. The van der Waals surface area contributed by atoms with Crippen LogP contribution in [-0.2, 0) is 11.3 Å². The maximum atomic E-state index is 12.2. The first-order valence-electron chi connectivity index (χ1n) is 10.0. The van der Waals surface area contributed by atoms with Gasteiger partial charge in [-0.3, -0.25) is 9.59 Å². The van der Waals surface area contributed by atoms with Crippen LogP contribution in [0.4, 0.5) is 0 Å². The second-order valence-electron chi connectivity index (χ2n) is 7.71. The van der Waals surface area contributed by atoms with Crippen molar-refractivity contribution in [2.75, 3.05) is 0 Å². The molecule has 0 saturated heterocycles. The predicted octanol–water partition coefficient (Wildman–Crippen LogP) is 3.87. The highest BCUT2D eigenvalue weighted by Crippen LogP contribution is 2.20. The van der Waals surface area contributed by atoms with Gasteiger partial charge in [0.25, 0.3) is 5.56 Å². The van der Waals surface area contributed by atoms with Crippen molar-refractivity contribution in [1.29, 1.82) is 0 Å². The molecule has 5 heteroatoms. The lowest BCUT2D eigenvalue weighted by atomic mass is 9.95. The zero-order valence-corrected chi connectivity index (χ0v) is 16.3. The molecule has 1 aliphatic rings. The van der Waals surface area contributed by atoms with E-state index in [0.717, 1.165) is 24.1 Å². The summed E-state index contributed by atoms with van der Waals surface area (Å²) in [5.41, 5.74) is 2.81. The Kier molecular flexibility index (Phi) is 6.43. The largest absolute Gasteiger partial charge is 0.353 e. The Morgan fingerprint density at radius 1 is 1.11 bits per heavy atom. The van der Waals surface area contributed by atoms with E-state index in [1.54, 1.807) is 6.07 Å². The minimum Gasteiger partial charge on any atom is -0.353 e. The summed E-state index contributed by atoms with van der Waals surface area (Å²) in [6.45, 7) is 4.62. The highest BCUT2D eigenvalue weighted by atomic mass is 16.2. The number of hydrogen-bond acceptors (Lipinski definition) is 3. The summed E-state index contributed by atoms with van der Waals surface area (Å²) >= 11 is 0. The summed E-state index contributed by atoms with van der Waals surface area (Å²) in [5.74, 6) is 0.478. The van der Waals surface area contributed by atoms with Crippen LogP contribution in [0.5, 0.6) is 0 Å². The number of aryl methyl sites for hydroxylation is 1. The van der Waals surface area contributed by atoms with E-state index >= 15 is 0 Å². The van der Waals surface area contributed by atoms with Crippen LogP contribution in [0, 0.1) is 0 Å². The zero-order chi connectivity index (χ0) is 19.2. The molecule has 3 rings (SSSR count). The molecule has 1 saturated carbocycles. The summed E-state index contributed by atoms with van der Waals surface area (Å²) in [6, 6.07) is 11.8. The maximum absolute atomic E-state index is 12.2. The average Bonchev–Trinajstić information content (AvgIpc) is 2.68. The highest BCUT2D eigenvalue weighted by Gasteiger charge is 2.15. The lowest BCUT2D eigenvalue weighted by molar-refractivity contribution is -0.122. The van der Waals surface area contributed by atoms with Crippen LogP contribution in [-0.4, -0.2) is 21.7 Å². The summed E-state index contributed by atoms with van der Waals surface area (Å²) in [7, 11) is 0. The summed E-state index contributed by atoms with van der Waals surface area (Å²) < 4.78 is 1.39. The summed E-state index contributed by atoms with van der Waals surface area (Å²) in [5, 5.41) is 7.55. The van der Waals surface area contributed by atoms with E-state index in [0.29, 0.717) is 18.5 Å². The quantitative estimate of drug-likeness (QED) is 0.843. The van der Waals surface area contributed by atoms with Crippen molar-refractivity contribution in [1.82, 2.24) is 15.1 Å². The van der Waals surface area contributed by atoms with Crippen molar-refractivity contribution in [3.63, 3.8) is 0 Å². The second kappa shape index (κ2) is 8.98. The van der Waals surface area contributed by atoms with Gasteiger partial charge in [0.2, 0.25) is 5.91 Å². The van der Waals surface area contributed by atoms with Crippen LogP contribution in [0.25, 0.3) is 11.3 Å². The lowest BCUT2D eigenvalue weighted by Crippen LogP contribution is -2.37. The van der Waals surface area contributed by atoms with Gasteiger partial charge in [-0.1, -0.05) is 57.4 Å². The Balaban J connectivity index is 1.64. The van der Waals surface area contributed by atoms with E-state index in [-0.39, 0.29) is 17.9 Å². The molecule has 0 bridgehead atoms. The lowest BCUT2D eigenvalue weighted by Gasteiger charge is -2.22. The van der Waals surface area contributed by atoms with E-state index in [1.807, 2.05) is 12.1 Å². The monoisotopic (exact) mass is 367 g/mol. The van der Waals surface area contributed by atoms with Crippen LogP contribution >= 0.6 is 0 Å². The van der Waals surface area contributed by atoms with Crippen molar-refractivity contribution in [2.24, 2.45) is 0 Å². The Labute approximate surface area is 160 Å². The van der Waals surface area contributed by atoms with Crippen LogP contribution in [0.3, 0.4) is 0 Å². The molecule has 5 nitrogen and oxygen atoms in total. The van der Waals surface area contributed by atoms with E-state index in [4.69, 9.17) is 0 Å². The van der Waals surface area contributed by atoms with Gasteiger partial charge in [0.15, 0.2) is 0 Å². The number of amides is 1. The van der Waals surface area contributed by atoms with Gasteiger partial charge in [-0.15, -0.1) is 0 Å². The molecular weight excluding hydrogens is 338 g/mol. The molecule has 0 unspecified atom stereocenters. The zero-order valence-electron chi connectivity index (χ0n) is 16.3. The van der Waals surface area contributed by atoms with Crippen molar-refractivity contribution in [2.45, 2.75) is 70.9 Å². The second-order valence-corrected chi connectivity index (χ2v) is 7.71. The fourth-order valence-electron chi connectivity index (χ4n) is 3.56. The van der Waals surface area contributed by atoms with Crippen LogP contribution in [0.1, 0.15) is 63.9 Å². The number of aromatic nitrogens is 2. The number of nitrogens with one attached hydrogen (secondary N) is 1. The van der Waals surface area contributed by atoms with E-state index < -0.39 is 0 Å². The third-order valence-electron chi connectivity index (χ3n) is 5.26. The number of carbonyl (C=O) groups is 1. The van der Waals surface area contributed by atoms with Crippen LogP contribution in [0.15, 0.2) is 41.2 Å². The fourth-order valence-corrected chi connectivity index (χ4v) is 3.56. The molecule has 144 valence electrons. The van der Waals surface area contributed by atoms with Gasteiger partial charge in [-0.05, 0) is 30.4 Å². The molecule has 27 heavy (non-hydrogen) atoms. The average molecular weight is 367 g/mol. The molecule has 1 N–H and O–H groups in total. The molecule has 0 atom stereocenters. The smallest absolute Gasteiger partial charge is 0.266 e. The molecule has 0 spiro atoms. The molecule has 1 aromatic heterocycles. The minimum absolute atomic E-state index is 0.00212. The molecule has 1 fully saturated rings. The van der Waals surface area contributed by atoms with Crippen molar-refractivity contribution < 1.29 is 4.79 Å². The van der Waals surface area contributed by atoms with Crippen LogP contribution < -0.4 is 10.9 Å². The first-order chi connectivity index (χ1) is 13.0. The van der Waals surface area contributed by atoms with Crippen molar-refractivity contribution in [3.05, 3.63) is 52.3 Å². The number of rotatable bonds is 6. The van der Waals surface area contributed by atoms with E-state index in [1.165, 1.54) is 35.6 Å². The van der Waals surface area contributed by atoms with Gasteiger partial charge in [0.1, 0.15) is 0 Å². The topological polar surface area (TPSA) is 64.0 Å². The molecule has 1 amide bonds. The Hall–Kier alpha value is -2.43. The third-order valence-corrected chi connectivity index (χ3v) is 5.26. The Morgan fingerprint density at radius 2 is 1.81 bits per heavy atom. The predicted molar refractivity (Wildman–Crippen MR) is 108 cm³/mol. The minimum atomic E-state index is -0.178. The summed E-state index contributed by atoms with van der Waals surface area (Å²) in [6.07, 6.45) is 6.03. The third kappa shape index (κ3) is 5.28. The standard InChI is InChI=1S/C22H29N3O2/c1-16(2)17-8-10-18(11-9-17)20-12-13-22(27)25(24-20)15-14-21(26)23-19-6-4-3-5-7-19/h8-13,16,19H,3-7,14-15H2,1-2H3,(H,23,26). The van der Waals surface area contributed by atoms with Gasteiger partial charge in [0, 0.05) is 24.1 Å². The van der Waals surface area contributed by atoms with Gasteiger partial charge in [0.05, 0.1) is 12.2 Å². The van der Waals surface area contributed by atoms with Gasteiger partial charge in [-0.25, -0.2) is 4.68 Å². The van der Waals surface area contributed by atoms with Gasteiger partial charge >= 0.3 is 0 Å². The molecule has 0 aliphatic heterocycles. The van der Waals surface area contributed by atoms with E-state index in [9.17, 15) is 9.59 Å². The number of benzene rings is 1. The van der Waals surface area contributed by atoms with Crippen LogP contribution in [0.2, 0.25) is 0 Å². The highest BCUT2D eigenvalue weighted by molar-refractivity contribution is 5.76. The maximum Gasteiger partial charge on any atom is 0.266 e. The number of carbonyl (C=O) groups excluding carboxylic acids is 1. The number of hydrogen-bond donors (Lipinski definition) is 1. The molecular formula is C22H29N3O2. The molecule has 2 aromatic rings. The number of nitrogens with zero attached hydrogens (tertiary/aromatic N) is 2. The summed E-state index contributed by atoms with van der Waals surface area (Å²) in [4.78, 5) is 24.3. The van der Waals surface area contributed by atoms with Crippen molar-refractivity contribution >= 4 is 5.91 Å². The van der Waals surface area contributed by atoms with Crippen molar-refractivity contribution in [3.8, 4) is 11.3 Å². The van der Waals surface area contributed by atoms with E-state index in [2.05, 4.69) is 36.4 Å². The molecule has 1 aliphatic carbocycles. The van der Waals surface area contributed by atoms with Gasteiger partial charge < -0.3 is 5.32 Å². The first kappa shape index (κ1) is 19.3.